The van der Waals surface area contributed by atoms with Crippen molar-refractivity contribution in [3.05, 3.63) is 99.2 Å². The van der Waals surface area contributed by atoms with Crippen LogP contribution in [-0.4, -0.2) is 102 Å². The Hall–Kier alpha value is -5.98. The average molecular weight is 781 g/mol. The van der Waals surface area contributed by atoms with E-state index in [1.807, 2.05) is 18.2 Å². The molecule has 2 saturated heterocycles. The maximum Gasteiger partial charge on any atom is 0.514 e. The summed E-state index contributed by atoms with van der Waals surface area (Å²) in [6.45, 7) is 7.10. The molecule has 0 saturated carbocycles. The van der Waals surface area contributed by atoms with Crippen molar-refractivity contribution < 1.29 is 28.7 Å². The Labute approximate surface area is 328 Å². The van der Waals surface area contributed by atoms with Crippen molar-refractivity contribution in [3.8, 4) is 17.8 Å². The van der Waals surface area contributed by atoms with E-state index in [4.69, 9.17) is 35.8 Å². The van der Waals surface area contributed by atoms with Crippen LogP contribution in [0.5, 0.6) is 11.8 Å². The van der Waals surface area contributed by atoms with Gasteiger partial charge in [-0.3, -0.25) is 14.9 Å². The van der Waals surface area contributed by atoms with Crippen LogP contribution in [0.1, 0.15) is 30.5 Å². The maximum atomic E-state index is 13.6. The van der Waals surface area contributed by atoms with Crippen molar-refractivity contribution >= 4 is 51.6 Å². The highest BCUT2D eigenvalue weighted by molar-refractivity contribution is 6.36. The molecule has 0 radical (unpaired) electrons. The Morgan fingerprint density at radius 2 is 1.82 bits per heavy atom. The van der Waals surface area contributed by atoms with E-state index in [2.05, 4.69) is 52.6 Å². The molecule has 2 atom stereocenters. The van der Waals surface area contributed by atoms with Crippen LogP contribution in [0.25, 0.3) is 10.8 Å². The lowest BCUT2D eigenvalue weighted by molar-refractivity contribution is -0.384. The molecule has 3 aromatic carbocycles. The number of anilines is 2. The fourth-order valence-corrected chi connectivity index (χ4v) is 7.87. The number of fused-ring (bicyclic) bond motifs is 2. The van der Waals surface area contributed by atoms with Crippen molar-refractivity contribution in [1.29, 1.82) is 5.26 Å². The molecule has 290 valence electrons. The second-order valence-corrected chi connectivity index (χ2v) is 14.5. The first-order valence-electron chi connectivity index (χ1n) is 18.4. The standard InChI is InChI=1S/C40H41ClN8O7/c1-26(24-55-40(51)56-31-13-11-28(12-14-31)49(52)53)38(50)48-21-20-47(22-29(48)15-17-42)37-32-16-19-46(35-10-4-7-27-6-3-9-33(41)36(27)35)23-34(32)43-39(44-37)54-25-30-8-5-18-45(30)2/h3-4,6-7,9-14,29-30H,1,5,8,15-16,18-25H2,2H3/t29-,30-/m0/s1. The number of piperazine rings is 1. The number of ether oxygens (including phenoxy) is 3. The number of hydrogen-bond donors (Lipinski definition) is 0. The van der Waals surface area contributed by atoms with Crippen LogP contribution in [0, 0.1) is 21.4 Å². The second-order valence-electron chi connectivity index (χ2n) is 14.1. The number of likely N-dealkylation sites (N-methyl/N-ethyl adjacent to an activating group) is 1. The second kappa shape index (κ2) is 16.8. The number of amides is 1. The highest BCUT2D eigenvalue weighted by atomic mass is 35.5. The predicted molar refractivity (Wildman–Crippen MR) is 209 cm³/mol. The lowest BCUT2D eigenvalue weighted by atomic mass is 10.0. The number of carbonyl (C=O) groups is 2. The third-order valence-electron chi connectivity index (χ3n) is 10.6. The van der Waals surface area contributed by atoms with Crippen molar-refractivity contribution in [1.82, 2.24) is 19.8 Å². The number of non-ortho nitro benzene ring substituents is 1. The van der Waals surface area contributed by atoms with Crippen LogP contribution >= 0.6 is 11.6 Å². The topological polar surface area (TPSA) is 168 Å². The highest BCUT2D eigenvalue weighted by Gasteiger charge is 2.35. The SMILES string of the molecule is C=C(COC(=O)Oc1ccc([N+](=O)[O-])cc1)C(=O)N1CCN(c2nc(OC[C@@H]3CCCN3C)nc3c2CCN(c2cccc4cccc(Cl)c24)C3)C[C@@H]1CC#N. The van der Waals surface area contributed by atoms with Gasteiger partial charge in [-0.1, -0.05) is 42.4 Å². The summed E-state index contributed by atoms with van der Waals surface area (Å²) >= 11 is 6.73. The van der Waals surface area contributed by atoms with E-state index in [1.54, 1.807) is 4.90 Å². The van der Waals surface area contributed by atoms with E-state index in [9.17, 15) is 25.0 Å². The summed E-state index contributed by atoms with van der Waals surface area (Å²) < 4.78 is 16.5. The molecule has 1 aromatic heterocycles. The third-order valence-corrected chi connectivity index (χ3v) is 10.9. The van der Waals surface area contributed by atoms with Gasteiger partial charge < -0.3 is 33.8 Å². The van der Waals surface area contributed by atoms with Crippen molar-refractivity contribution in [2.24, 2.45) is 0 Å². The number of rotatable bonds is 11. The summed E-state index contributed by atoms with van der Waals surface area (Å²) in [5.74, 6) is 0.318. The molecule has 3 aliphatic rings. The molecular weight excluding hydrogens is 740 g/mol. The molecule has 0 aliphatic carbocycles. The lowest BCUT2D eigenvalue weighted by Gasteiger charge is -2.42. The number of aromatic nitrogens is 2. The number of likely N-dealkylation sites (tertiary alicyclic amines) is 1. The summed E-state index contributed by atoms with van der Waals surface area (Å²) in [6, 6.07) is 19.3. The first-order valence-corrected chi connectivity index (χ1v) is 18.8. The number of halogens is 1. The first-order chi connectivity index (χ1) is 27.1. The molecular formula is C40H41ClN8O7. The van der Waals surface area contributed by atoms with E-state index in [0.717, 1.165) is 52.9 Å². The number of nitriles is 1. The van der Waals surface area contributed by atoms with Crippen molar-refractivity contribution in [2.75, 3.05) is 62.8 Å². The minimum absolute atomic E-state index is 0.00246. The van der Waals surface area contributed by atoms with Crippen LogP contribution in [0.4, 0.5) is 22.0 Å². The number of benzene rings is 3. The van der Waals surface area contributed by atoms with Gasteiger partial charge in [-0.25, -0.2) is 4.79 Å². The zero-order chi connectivity index (χ0) is 39.3. The molecule has 15 nitrogen and oxygen atoms in total. The van der Waals surface area contributed by atoms with Gasteiger partial charge in [-0.15, -0.1) is 0 Å². The van der Waals surface area contributed by atoms with Gasteiger partial charge >= 0.3 is 12.2 Å². The van der Waals surface area contributed by atoms with Gasteiger partial charge in [0.25, 0.3) is 11.6 Å². The van der Waals surface area contributed by atoms with Gasteiger partial charge in [0, 0.05) is 66.6 Å². The molecule has 3 aliphatic heterocycles. The number of nitro benzene ring substituents is 1. The molecule has 16 heteroatoms. The van der Waals surface area contributed by atoms with E-state index < -0.39 is 29.6 Å². The average Bonchev–Trinajstić information content (AvgIpc) is 3.62. The molecule has 7 rings (SSSR count). The Balaban J connectivity index is 1.07. The summed E-state index contributed by atoms with van der Waals surface area (Å²) in [5, 5.41) is 23.4. The number of nitro groups is 1. The van der Waals surface area contributed by atoms with Gasteiger partial charge in [-0.2, -0.15) is 15.2 Å². The number of nitrogens with zero attached hydrogens (tertiary/aromatic N) is 8. The molecule has 4 aromatic rings. The number of carbonyl (C=O) groups excluding carboxylic acids is 2. The highest BCUT2D eigenvalue weighted by Crippen LogP contribution is 2.37. The molecule has 2 fully saturated rings. The summed E-state index contributed by atoms with van der Waals surface area (Å²) in [5.41, 5.74) is 2.72. The van der Waals surface area contributed by atoms with Crippen molar-refractivity contribution in [3.63, 3.8) is 0 Å². The molecule has 0 N–H and O–H groups in total. The van der Waals surface area contributed by atoms with Crippen LogP contribution in [0.15, 0.2) is 72.8 Å². The van der Waals surface area contributed by atoms with Gasteiger partial charge in [0.1, 0.15) is 24.8 Å². The Bertz CT molecular complexity index is 2190. The quantitative estimate of drug-likeness (QED) is 0.0578. The zero-order valence-corrected chi connectivity index (χ0v) is 31.7. The van der Waals surface area contributed by atoms with Crippen LogP contribution in [0.2, 0.25) is 5.02 Å². The third kappa shape index (κ3) is 8.31. The Kier molecular flexibility index (Phi) is 11.5. The fourth-order valence-electron chi connectivity index (χ4n) is 7.59. The Morgan fingerprint density at radius 3 is 2.55 bits per heavy atom. The monoisotopic (exact) mass is 780 g/mol. The normalized spacial score (nSPS) is 18.3. The first kappa shape index (κ1) is 38.3. The van der Waals surface area contributed by atoms with E-state index >= 15 is 0 Å². The minimum Gasteiger partial charge on any atom is -0.462 e. The summed E-state index contributed by atoms with van der Waals surface area (Å²) in [7, 11) is 2.10. The lowest BCUT2D eigenvalue weighted by Crippen LogP contribution is -2.56. The summed E-state index contributed by atoms with van der Waals surface area (Å²) in [6.07, 6.45) is 1.76. The number of hydrogen-bond acceptors (Lipinski definition) is 13. The van der Waals surface area contributed by atoms with E-state index in [0.29, 0.717) is 50.2 Å². The molecule has 4 heterocycles. The smallest absolute Gasteiger partial charge is 0.462 e. The van der Waals surface area contributed by atoms with Crippen LogP contribution in [0.3, 0.4) is 0 Å². The van der Waals surface area contributed by atoms with Crippen molar-refractivity contribution in [2.45, 2.75) is 44.3 Å². The largest absolute Gasteiger partial charge is 0.514 e. The van der Waals surface area contributed by atoms with Crippen LogP contribution < -0.4 is 19.3 Å². The molecule has 0 bridgehead atoms. The predicted octanol–water partition coefficient (Wildman–Crippen LogP) is 5.93. The summed E-state index contributed by atoms with van der Waals surface area (Å²) in [4.78, 5) is 54.5. The molecule has 0 spiro atoms. The molecule has 56 heavy (non-hydrogen) atoms. The fraction of sp³-hybridized carbons (Fsp3) is 0.375. The Morgan fingerprint density at radius 1 is 1.04 bits per heavy atom. The maximum absolute atomic E-state index is 13.6. The van der Waals surface area contributed by atoms with E-state index in [-0.39, 0.29) is 36.0 Å². The van der Waals surface area contributed by atoms with Gasteiger partial charge in [0.05, 0.1) is 40.7 Å². The zero-order valence-electron chi connectivity index (χ0n) is 30.9. The van der Waals surface area contributed by atoms with Gasteiger partial charge in [0.15, 0.2) is 0 Å². The van der Waals surface area contributed by atoms with Gasteiger partial charge in [0.2, 0.25) is 0 Å². The van der Waals surface area contributed by atoms with Gasteiger partial charge in [-0.05, 0) is 62.5 Å². The molecule has 1 amide bonds. The van der Waals surface area contributed by atoms with E-state index in [1.165, 1.54) is 24.3 Å². The molecule has 0 unspecified atom stereocenters. The van der Waals surface area contributed by atoms with Crippen LogP contribution in [-0.2, 0) is 22.5 Å². The minimum atomic E-state index is -1.10.